The lowest BCUT2D eigenvalue weighted by molar-refractivity contribution is -0.155. The first-order valence-electron chi connectivity index (χ1n) is 8.07. The number of ether oxygens (including phenoxy) is 1. The van der Waals surface area contributed by atoms with E-state index in [2.05, 4.69) is 10.3 Å². The van der Waals surface area contributed by atoms with Gasteiger partial charge in [0, 0.05) is 23.5 Å². The average Bonchev–Trinajstić information content (AvgIpc) is 2.59. The molecule has 26 heavy (non-hydrogen) atoms. The average molecular weight is 358 g/mol. The van der Waals surface area contributed by atoms with Crippen LogP contribution in [0.15, 0.2) is 36.7 Å². The second-order valence-corrected chi connectivity index (χ2v) is 6.35. The van der Waals surface area contributed by atoms with Crippen molar-refractivity contribution in [2.24, 2.45) is 0 Å². The number of amides is 1. The Balaban J connectivity index is 2.08. The Morgan fingerprint density at radius 3 is 2.46 bits per heavy atom. The second kappa shape index (κ2) is 7.97. The van der Waals surface area contributed by atoms with E-state index in [-0.39, 0.29) is 0 Å². The summed E-state index contributed by atoms with van der Waals surface area (Å²) in [7, 11) is 0. The number of carboxylic acids is 1. The second-order valence-electron chi connectivity index (χ2n) is 6.35. The van der Waals surface area contributed by atoms with Crippen molar-refractivity contribution in [1.29, 1.82) is 0 Å². The summed E-state index contributed by atoms with van der Waals surface area (Å²) in [6, 6.07) is 7.07. The maximum absolute atomic E-state index is 12.2. The zero-order chi connectivity index (χ0) is 19.3. The lowest BCUT2D eigenvalue weighted by Gasteiger charge is -2.19. The first kappa shape index (κ1) is 19.4. The lowest BCUT2D eigenvalue weighted by atomic mass is 10.0. The number of hydrogen-bond donors (Lipinski definition) is 3. The number of nitrogens with zero attached hydrogens (tertiary/aromatic N) is 1. The van der Waals surface area contributed by atoms with Gasteiger partial charge < -0.3 is 20.3 Å². The molecule has 3 N–H and O–H groups in total. The summed E-state index contributed by atoms with van der Waals surface area (Å²) < 4.78 is 5.84. The van der Waals surface area contributed by atoms with Gasteiger partial charge in [-0.3, -0.25) is 9.78 Å². The van der Waals surface area contributed by atoms with Gasteiger partial charge in [-0.05, 0) is 50.1 Å². The molecule has 1 aromatic carbocycles. The minimum atomic E-state index is -2.02. The standard InChI is InChI=1S/C19H22N2O5/c1-12-7-15(17(22)21-11-19(3,25)18(23)24)8-13(2)16(12)26-10-14-5-4-6-20-9-14/h4-9,25H,10-11H2,1-3H3,(H,21,22)(H,23,24). The summed E-state index contributed by atoms with van der Waals surface area (Å²) in [5.41, 5.74) is 0.846. The van der Waals surface area contributed by atoms with Crippen LogP contribution >= 0.6 is 0 Å². The Labute approximate surface area is 151 Å². The van der Waals surface area contributed by atoms with Gasteiger partial charge in [-0.2, -0.15) is 0 Å². The molecule has 1 heterocycles. The van der Waals surface area contributed by atoms with Gasteiger partial charge in [0.05, 0.1) is 6.54 Å². The summed E-state index contributed by atoms with van der Waals surface area (Å²) in [6.07, 6.45) is 3.41. The van der Waals surface area contributed by atoms with Crippen LogP contribution in [0, 0.1) is 13.8 Å². The first-order valence-corrected chi connectivity index (χ1v) is 8.07. The zero-order valence-electron chi connectivity index (χ0n) is 14.9. The van der Waals surface area contributed by atoms with Crippen LogP contribution in [-0.4, -0.2) is 39.2 Å². The van der Waals surface area contributed by atoms with E-state index in [1.54, 1.807) is 24.5 Å². The van der Waals surface area contributed by atoms with E-state index in [0.717, 1.165) is 23.6 Å². The predicted molar refractivity (Wildman–Crippen MR) is 95.1 cm³/mol. The molecule has 7 nitrogen and oxygen atoms in total. The molecule has 2 aromatic rings. The van der Waals surface area contributed by atoms with E-state index in [9.17, 15) is 14.7 Å². The smallest absolute Gasteiger partial charge is 0.337 e. The Bertz CT molecular complexity index is 780. The van der Waals surface area contributed by atoms with Crippen LogP contribution in [0.4, 0.5) is 0 Å². The summed E-state index contributed by atoms with van der Waals surface area (Å²) in [6.45, 7) is 4.76. The Hall–Kier alpha value is -2.93. The van der Waals surface area contributed by atoms with Crippen molar-refractivity contribution >= 4 is 11.9 Å². The largest absolute Gasteiger partial charge is 0.488 e. The van der Waals surface area contributed by atoms with Gasteiger partial charge in [0.25, 0.3) is 5.91 Å². The molecule has 0 saturated heterocycles. The number of pyridine rings is 1. The molecule has 0 fully saturated rings. The number of rotatable bonds is 7. The number of carbonyl (C=O) groups excluding carboxylic acids is 1. The van der Waals surface area contributed by atoms with Crippen molar-refractivity contribution in [2.75, 3.05) is 6.54 Å². The molecule has 0 aliphatic carbocycles. The quantitative estimate of drug-likeness (QED) is 0.697. The molecular weight excluding hydrogens is 336 g/mol. The number of carboxylic acid groups (broad SMARTS) is 1. The molecule has 0 aliphatic rings. The molecule has 1 unspecified atom stereocenters. The molecule has 0 saturated carbocycles. The fourth-order valence-corrected chi connectivity index (χ4v) is 2.38. The maximum atomic E-state index is 12.2. The lowest BCUT2D eigenvalue weighted by Crippen LogP contribution is -2.46. The molecule has 7 heteroatoms. The molecular formula is C19H22N2O5. The topological polar surface area (TPSA) is 109 Å². The first-order chi connectivity index (χ1) is 12.2. The van der Waals surface area contributed by atoms with E-state index in [1.165, 1.54) is 0 Å². The molecule has 138 valence electrons. The summed E-state index contributed by atoms with van der Waals surface area (Å²) in [5, 5.41) is 21.0. The molecule has 1 aromatic heterocycles. The number of aromatic nitrogens is 1. The highest BCUT2D eigenvalue weighted by atomic mass is 16.5. The third-order valence-corrected chi connectivity index (χ3v) is 3.88. The van der Waals surface area contributed by atoms with Gasteiger partial charge in [0.1, 0.15) is 12.4 Å². The summed E-state index contributed by atoms with van der Waals surface area (Å²) in [5.74, 6) is -1.18. The highest BCUT2D eigenvalue weighted by Gasteiger charge is 2.30. The third-order valence-electron chi connectivity index (χ3n) is 3.88. The summed E-state index contributed by atoms with van der Waals surface area (Å²) >= 11 is 0. The van der Waals surface area contributed by atoms with Gasteiger partial charge in [-0.15, -0.1) is 0 Å². The van der Waals surface area contributed by atoms with E-state index in [1.807, 2.05) is 26.0 Å². The van der Waals surface area contributed by atoms with Gasteiger partial charge >= 0.3 is 5.97 Å². The normalized spacial score (nSPS) is 12.9. The van der Waals surface area contributed by atoms with Crippen molar-refractivity contribution in [3.8, 4) is 5.75 Å². The molecule has 1 amide bonds. The maximum Gasteiger partial charge on any atom is 0.337 e. The van der Waals surface area contributed by atoms with Crippen LogP contribution in [0.5, 0.6) is 5.75 Å². The molecule has 2 rings (SSSR count). The van der Waals surface area contributed by atoms with Crippen molar-refractivity contribution in [3.63, 3.8) is 0 Å². The van der Waals surface area contributed by atoms with Crippen LogP contribution in [0.3, 0.4) is 0 Å². The van der Waals surface area contributed by atoms with Crippen LogP contribution in [0.25, 0.3) is 0 Å². The SMILES string of the molecule is Cc1cc(C(=O)NCC(C)(O)C(=O)O)cc(C)c1OCc1cccnc1. The van der Waals surface area contributed by atoms with Crippen molar-refractivity contribution < 1.29 is 24.5 Å². The van der Waals surface area contributed by atoms with Crippen LogP contribution < -0.4 is 10.1 Å². The van der Waals surface area contributed by atoms with Gasteiger partial charge in [0.2, 0.25) is 0 Å². The molecule has 0 radical (unpaired) electrons. The van der Waals surface area contributed by atoms with Crippen molar-refractivity contribution in [2.45, 2.75) is 33.0 Å². The number of aliphatic carboxylic acids is 1. The predicted octanol–water partition coefficient (Wildman–Crippen LogP) is 1.84. The minimum Gasteiger partial charge on any atom is -0.488 e. The number of nitrogens with one attached hydrogen (secondary N) is 1. The number of aryl methyl sites for hydroxylation is 2. The van der Waals surface area contributed by atoms with Gasteiger partial charge in [-0.25, -0.2) is 4.79 Å². The summed E-state index contributed by atoms with van der Waals surface area (Å²) in [4.78, 5) is 27.2. The van der Waals surface area contributed by atoms with E-state index < -0.39 is 24.0 Å². The molecule has 0 spiro atoms. The highest BCUT2D eigenvalue weighted by molar-refractivity contribution is 5.95. The number of carbonyl (C=O) groups is 2. The molecule has 0 aliphatic heterocycles. The molecule has 1 atom stereocenters. The number of aliphatic hydroxyl groups is 1. The van der Waals surface area contributed by atoms with Crippen LogP contribution in [0.2, 0.25) is 0 Å². The minimum absolute atomic E-state index is 0.364. The Morgan fingerprint density at radius 2 is 1.92 bits per heavy atom. The van der Waals surface area contributed by atoms with Crippen LogP contribution in [0.1, 0.15) is 34.0 Å². The van der Waals surface area contributed by atoms with E-state index >= 15 is 0 Å². The zero-order valence-corrected chi connectivity index (χ0v) is 14.9. The van der Waals surface area contributed by atoms with Crippen molar-refractivity contribution in [1.82, 2.24) is 10.3 Å². The molecule has 0 bridgehead atoms. The monoisotopic (exact) mass is 358 g/mol. The Kier molecular flexibility index (Phi) is 5.94. The van der Waals surface area contributed by atoms with Gasteiger partial charge in [-0.1, -0.05) is 6.07 Å². The third kappa shape index (κ3) is 4.80. The van der Waals surface area contributed by atoms with E-state index in [4.69, 9.17) is 9.84 Å². The number of hydrogen-bond acceptors (Lipinski definition) is 5. The van der Waals surface area contributed by atoms with Gasteiger partial charge in [0.15, 0.2) is 5.60 Å². The number of benzene rings is 1. The van der Waals surface area contributed by atoms with E-state index in [0.29, 0.717) is 17.9 Å². The van der Waals surface area contributed by atoms with Crippen LogP contribution in [-0.2, 0) is 11.4 Å². The fraction of sp³-hybridized carbons (Fsp3) is 0.316. The Morgan fingerprint density at radius 1 is 1.27 bits per heavy atom. The van der Waals surface area contributed by atoms with Crippen molar-refractivity contribution in [3.05, 3.63) is 58.9 Å². The fourth-order valence-electron chi connectivity index (χ4n) is 2.38. The highest BCUT2D eigenvalue weighted by Crippen LogP contribution is 2.25.